The molecule has 9 heteroatoms. The van der Waals surface area contributed by atoms with E-state index in [0.29, 0.717) is 25.0 Å². The molecule has 0 aliphatic carbocycles. The molecule has 3 aliphatic rings. The van der Waals surface area contributed by atoms with Gasteiger partial charge in [-0.05, 0) is 12.0 Å². The first-order valence-electron chi connectivity index (χ1n) is 10.3. The molecule has 2 N–H and O–H groups in total. The Kier molecular flexibility index (Phi) is 5.98. The van der Waals surface area contributed by atoms with Gasteiger partial charge >= 0.3 is 5.97 Å². The lowest BCUT2D eigenvalue weighted by Gasteiger charge is -2.46. The predicted octanol–water partition coefficient (Wildman–Crippen LogP) is -0.317. The molecule has 0 radical (unpaired) electrons. The third-order valence-corrected chi connectivity index (χ3v) is 6.37. The average Bonchev–Trinajstić information content (AvgIpc) is 3.26. The first-order valence-corrected chi connectivity index (χ1v) is 10.3. The molecular formula is C21H28N5O4+. The van der Waals surface area contributed by atoms with E-state index in [9.17, 15) is 9.59 Å². The summed E-state index contributed by atoms with van der Waals surface area (Å²) < 4.78 is 11.8. The summed E-state index contributed by atoms with van der Waals surface area (Å²) in [6.45, 7) is 3.04. The molecule has 160 valence electrons. The van der Waals surface area contributed by atoms with E-state index in [4.69, 9.17) is 4.74 Å². The van der Waals surface area contributed by atoms with Crippen LogP contribution in [0.2, 0.25) is 0 Å². The average molecular weight is 414 g/mol. The number of ether oxygens (including phenoxy) is 2. The molecule has 0 saturated carbocycles. The van der Waals surface area contributed by atoms with Crippen molar-refractivity contribution in [3.8, 4) is 5.75 Å². The van der Waals surface area contributed by atoms with Crippen LogP contribution in [0.5, 0.6) is 5.75 Å². The normalized spacial score (nSPS) is 25.0. The highest BCUT2D eigenvalue weighted by Gasteiger charge is 2.46. The summed E-state index contributed by atoms with van der Waals surface area (Å²) in [5.41, 5.74) is 1.20. The molecule has 9 nitrogen and oxygen atoms in total. The molecule has 4 atom stereocenters. The van der Waals surface area contributed by atoms with Gasteiger partial charge in [-0.2, -0.15) is 0 Å². The van der Waals surface area contributed by atoms with Crippen molar-refractivity contribution < 1.29 is 24.0 Å². The Bertz CT molecular complexity index is 914. The van der Waals surface area contributed by atoms with Crippen LogP contribution < -0.4 is 15.0 Å². The summed E-state index contributed by atoms with van der Waals surface area (Å²) in [5.74, 6) is 0.826. The van der Waals surface area contributed by atoms with Crippen molar-refractivity contribution in [2.75, 3.05) is 27.3 Å². The van der Waals surface area contributed by atoms with E-state index in [0.717, 1.165) is 37.2 Å². The standard InChI is InChI=1S/C21H27N5O4/c1-29-19-6-4-3-5-15(19)10-22-20(27)17-12-25-8-7-14(17)9-16(25)11-26-13-18(23-24-26)21(28)30-2/h3-6,13-14,16-17H,7-12H2,1-2H3,(H,22,27)/p+1/t14-,16-,17+/m1/s1. The van der Waals surface area contributed by atoms with E-state index >= 15 is 0 Å². The molecule has 2 aromatic rings. The van der Waals surface area contributed by atoms with Gasteiger partial charge in [0.1, 0.15) is 11.8 Å². The van der Waals surface area contributed by atoms with Crippen LogP contribution in [0.1, 0.15) is 28.9 Å². The van der Waals surface area contributed by atoms with Crippen LogP contribution in [-0.4, -0.2) is 60.2 Å². The summed E-state index contributed by atoms with van der Waals surface area (Å²) in [6, 6.07) is 8.11. The van der Waals surface area contributed by atoms with Crippen LogP contribution in [0, 0.1) is 11.8 Å². The number of nitrogens with one attached hydrogen (secondary N) is 2. The Morgan fingerprint density at radius 3 is 2.87 bits per heavy atom. The maximum atomic E-state index is 12.9. The molecule has 2 bridgehead atoms. The van der Waals surface area contributed by atoms with Crippen molar-refractivity contribution in [2.24, 2.45) is 11.8 Å². The number of amides is 1. The van der Waals surface area contributed by atoms with Crippen LogP contribution in [-0.2, 0) is 22.6 Å². The monoisotopic (exact) mass is 414 g/mol. The summed E-state index contributed by atoms with van der Waals surface area (Å²) in [7, 11) is 2.97. The molecule has 3 fully saturated rings. The molecule has 4 heterocycles. The molecular weight excluding hydrogens is 386 g/mol. The number of para-hydroxylation sites is 1. The van der Waals surface area contributed by atoms with E-state index < -0.39 is 5.97 Å². The van der Waals surface area contributed by atoms with Crippen LogP contribution in [0.4, 0.5) is 0 Å². The van der Waals surface area contributed by atoms with Gasteiger partial charge in [0, 0.05) is 24.9 Å². The SMILES string of the molecule is COC(=O)c1cn(C[C@H]2C[C@H]3CC[NH+]2C[C@@H]3C(=O)NCc2ccccc2OC)nn1. The lowest BCUT2D eigenvalue weighted by molar-refractivity contribution is -0.945. The number of benzene rings is 1. The number of hydrogen-bond acceptors (Lipinski definition) is 6. The van der Waals surface area contributed by atoms with Gasteiger partial charge in [-0.15, -0.1) is 5.10 Å². The summed E-state index contributed by atoms with van der Waals surface area (Å²) in [5, 5.41) is 11.0. The Labute approximate surface area is 175 Å². The number of fused-ring (bicyclic) bond motifs is 3. The number of quaternary nitrogens is 1. The topological polar surface area (TPSA) is 99.8 Å². The van der Waals surface area contributed by atoms with Crippen LogP contribution in [0.25, 0.3) is 0 Å². The Balaban J connectivity index is 1.34. The predicted molar refractivity (Wildman–Crippen MR) is 107 cm³/mol. The molecule has 0 spiro atoms. The van der Waals surface area contributed by atoms with Crippen LogP contribution in [0.15, 0.2) is 30.5 Å². The first-order chi connectivity index (χ1) is 14.6. The molecule has 1 unspecified atom stereocenters. The van der Waals surface area contributed by atoms with Crippen molar-refractivity contribution >= 4 is 11.9 Å². The van der Waals surface area contributed by atoms with E-state index in [1.165, 1.54) is 12.0 Å². The fraction of sp³-hybridized carbons (Fsp3) is 0.524. The number of rotatable bonds is 7. The molecule has 1 amide bonds. The lowest BCUT2D eigenvalue weighted by Crippen LogP contribution is -3.20. The van der Waals surface area contributed by atoms with Gasteiger partial charge in [-0.25, -0.2) is 9.48 Å². The minimum absolute atomic E-state index is 0.0288. The zero-order valence-corrected chi connectivity index (χ0v) is 17.3. The molecule has 30 heavy (non-hydrogen) atoms. The number of nitrogens with zero attached hydrogens (tertiary/aromatic N) is 3. The number of esters is 1. The number of carbonyl (C=O) groups excluding carboxylic acids is 2. The smallest absolute Gasteiger partial charge is 0.360 e. The quantitative estimate of drug-likeness (QED) is 0.603. The number of methoxy groups -OCH3 is 2. The van der Waals surface area contributed by atoms with Gasteiger partial charge in [0.05, 0.1) is 46.0 Å². The second-order valence-electron chi connectivity index (χ2n) is 8.05. The second kappa shape index (κ2) is 8.83. The minimum atomic E-state index is -0.481. The maximum absolute atomic E-state index is 12.9. The zero-order valence-electron chi connectivity index (χ0n) is 17.3. The van der Waals surface area contributed by atoms with Crippen molar-refractivity contribution in [3.05, 3.63) is 41.7 Å². The molecule has 3 aliphatic heterocycles. The van der Waals surface area contributed by atoms with Crippen LogP contribution in [0.3, 0.4) is 0 Å². The lowest BCUT2D eigenvalue weighted by atomic mass is 9.75. The Morgan fingerprint density at radius 1 is 1.30 bits per heavy atom. The Morgan fingerprint density at radius 2 is 2.13 bits per heavy atom. The van der Waals surface area contributed by atoms with Crippen molar-refractivity contribution in [1.29, 1.82) is 0 Å². The molecule has 3 saturated heterocycles. The highest BCUT2D eigenvalue weighted by Crippen LogP contribution is 2.28. The Hall–Kier alpha value is -2.94. The largest absolute Gasteiger partial charge is 0.496 e. The molecule has 1 aromatic carbocycles. The molecule has 5 rings (SSSR count). The van der Waals surface area contributed by atoms with Gasteiger partial charge in [-0.1, -0.05) is 23.4 Å². The highest BCUT2D eigenvalue weighted by molar-refractivity contribution is 5.86. The fourth-order valence-corrected chi connectivity index (χ4v) is 4.79. The van der Waals surface area contributed by atoms with Crippen molar-refractivity contribution in [3.63, 3.8) is 0 Å². The molecule has 1 aromatic heterocycles. The van der Waals surface area contributed by atoms with Crippen molar-refractivity contribution in [2.45, 2.75) is 32.0 Å². The second-order valence-corrected chi connectivity index (χ2v) is 8.05. The highest BCUT2D eigenvalue weighted by atomic mass is 16.5. The number of aromatic nitrogens is 3. The van der Waals surface area contributed by atoms with Gasteiger partial charge in [0.25, 0.3) is 0 Å². The number of carbonyl (C=O) groups is 2. The van der Waals surface area contributed by atoms with Gasteiger partial charge < -0.3 is 19.7 Å². The maximum Gasteiger partial charge on any atom is 0.360 e. The van der Waals surface area contributed by atoms with E-state index in [1.807, 2.05) is 24.3 Å². The van der Waals surface area contributed by atoms with E-state index in [2.05, 4.69) is 20.4 Å². The third kappa shape index (κ3) is 4.16. The van der Waals surface area contributed by atoms with E-state index in [1.54, 1.807) is 18.0 Å². The summed E-state index contributed by atoms with van der Waals surface area (Å²) in [4.78, 5) is 25.9. The van der Waals surface area contributed by atoms with Crippen LogP contribution >= 0.6 is 0 Å². The van der Waals surface area contributed by atoms with Gasteiger partial charge in [-0.3, -0.25) is 4.79 Å². The summed E-state index contributed by atoms with van der Waals surface area (Å²) in [6.07, 6.45) is 3.66. The van der Waals surface area contributed by atoms with E-state index in [-0.39, 0.29) is 17.5 Å². The van der Waals surface area contributed by atoms with Gasteiger partial charge in [0.2, 0.25) is 5.91 Å². The van der Waals surface area contributed by atoms with Gasteiger partial charge in [0.15, 0.2) is 5.69 Å². The van der Waals surface area contributed by atoms with Crippen molar-refractivity contribution in [1.82, 2.24) is 20.3 Å². The zero-order chi connectivity index (χ0) is 21.1. The first kappa shape index (κ1) is 20.3. The number of piperidine rings is 3. The summed E-state index contributed by atoms with van der Waals surface area (Å²) >= 11 is 0. The fourth-order valence-electron chi connectivity index (χ4n) is 4.79. The minimum Gasteiger partial charge on any atom is -0.496 e. The number of hydrogen-bond donors (Lipinski definition) is 2. The third-order valence-electron chi connectivity index (χ3n) is 6.37.